The molecule has 0 aliphatic heterocycles. The summed E-state index contributed by atoms with van der Waals surface area (Å²) in [7, 11) is 2.10. The lowest BCUT2D eigenvalue weighted by Gasteiger charge is -2.20. The molecule has 1 fully saturated rings. The maximum absolute atomic E-state index is 5.89. The Balaban J connectivity index is 2.23. The summed E-state index contributed by atoms with van der Waals surface area (Å²) in [6.07, 6.45) is 0.952. The van der Waals surface area contributed by atoms with Crippen LogP contribution in [0.1, 0.15) is 20.3 Å². The minimum Gasteiger partial charge on any atom is -0.304 e. The van der Waals surface area contributed by atoms with Crippen molar-refractivity contribution in [2.75, 3.05) is 13.6 Å². The Morgan fingerprint density at radius 3 is 2.27 bits per heavy atom. The average molecular weight is 196 g/mol. The highest BCUT2D eigenvalue weighted by Crippen LogP contribution is 2.53. The van der Waals surface area contributed by atoms with Crippen LogP contribution in [0, 0.1) is 5.92 Å². The molecule has 0 amide bonds. The van der Waals surface area contributed by atoms with Crippen LogP contribution in [0.15, 0.2) is 0 Å². The lowest BCUT2D eigenvalue weighted by atomic mass is 10.3. The Hall–Kier alpha value is 0.540. The second-order valence-corrected chi connectivity index (χ2v) is 5.24. The molecule has 1 atom stereocenters. The largest absolute Gasteiger partial charge is 0.304 e. The van der Waals surface area contributed by atoms with E-state index < -0.39 is 4.33 Å². The van der Waals surface area contributed by atoms with Crippen molar-refractivity contribution in [3.8, 4) is 0 Å². The van der Waals surface area contributed by atoms with Gasteiger partial charge in [-0.3, -0.25) is 0 Å². The fourth-order valence-electron chi connectivity index (χ4n) is 1.03. The first-order valence-electron chi connectivity index (χ1n) is 4.01. The van der Waals surface area contributed by atoms with Crippen LogP contribution in [0.5, 0.6) is 0 Å². The molecule has 3 heteroatoms. The van der Waals surface area contributed by atoms with Crippen LogP contribution < -0.4 is 0 Å². The van der Waals surface area contributed by atoms with Gasteiger partial charge in [-0.05, 0) is 27.3 Å². The van der Waals surface area contributed by atoms with Gasteiger partial charge in [0.1, 0.15) is 4.33 Å². The van der Waals surface area contributed by atoms with Gasteiger partial charge in [0.2, 0.25) is 0 Å². The molecule has 0 radical (unpaired) electrons. The van der Waals surface area contributed by atoms with E-state index in [1.54, 1.807) is 0 Å². The third-order valence-corrected chi connectivity index (χ3v) is 3.27. The maximum atomic E-state index is 5.89. The van der Waals surface area contributed by atoms with E-state index in [4.69, 9.17) is 23.2 Å². The highest BCUT2D eigenvalue weighted by atomic mass is 35.5. The molecule has 1 saturated carbocycles. The van der Waals surface area contributed by atoms with Crippen LogP contribution in [0.25, 0.3) is 0 Å². The molecule has 0 spiro atoms. The van der Waals surface area contributed by atoms with E-state index in [1.165, 1.54) is 0 Å². The third-order valence-electron chi connectivity index (χ3n) is 2.35. The monoisotopic (exact) mass is 195 g/mol. The van der Waals surface area contributed by atoms with Crippen LogP contribution in [0.3, 0.4) is 0 Å². The van der Waals surface area contributed by atoms with Crippen molar-refractivity contribution >= 4 is 23.2 Å². The summed E-state index contributed by atoms with van der Waals surface area (Å²) in [4.78, 5) is 2.27. The minimum atomic E-state index is -0.414. The molecule has 66 valence electrons. The topological polar surface area (TPSA) is 3.24 Å². The SMILES string of the molecule is CC(C)N(C)CC1CC1(Cl)Cl. The van der Waals surface area contributed by atoms with Gasteiger partial charge in [-0.1, -0.05) is 0 Å². The number of nitrogens with zero attached hydrogens (tertiary/aromatic N) is 1. The molecule has 0 saturated heterocycles. The van der Waals surface area contributed by atoms with Crippen molar-refractivity contribution < 1.29 is 0 Å². The second-order valence-electron chi connectivity index (χ2n) is 3.70. The number of hydrogen-bond donors (Lipinski definition) is 0. The first-order valence-corrected chi connectivity index (χ1v) is 4.77. The van der Waals surface area contributed by atoms with E-state index in [2.05, 4.69) is 25.8 Å². The van der Waals surface area contributed by atoms with Crippen molar-refractivity contribution in [3.05, 3.63) is 0 Å². The smallest absolute Gasteiger partial charge is 0.122 e. The summed E-state index contributed by atoms with van der Waals surface area (Å²) < 4.78 is -0.414. The van der Waals surface area contributed by atoms with Gasteiger partial charge >= 0.3 is 0 Å². The summed E-state index contributed by atoms with van der Waals surface area (Å²) in [5, 5.41) is 0. The molecule has 0 heterocycles. The summed E-state index contributed by atoms with van der Waals surface area (Å²) in [5.41, 5.74) is 0. The van der Waals surface area contributed by atoms with Crippen LogP contribution in [-0.2, 0) is 0 Å². The molecule has 1 aliphatic carbocycles. The summed E-state index contributed by atoms with van der Waals surface area (Å²) >= 11 is 11.8. The number of alkyl halides is 2. The second kappa shape index (κ2) is 3.12. The zero-order valence-corrected chi connectivity index (χ0v) is 8.78. The fourth-order valence-corrected chi connectivity index (χ4v) is 1.54. The number of halogens is 2. The summed E-state index contributed by atoms with van der Waals surface area (Å²) in [5.74, 6) is 0.484. The molecule has 0 aromatic carbocycles. The zero-order valence-electron chi connectivity index (χ0n) is 7.27. The molecule has 0 aromatic heterocycles. The minimum absolute atomic E-state index is 0.414. The van der Waals surface area contributed by atoms with Gasteiger partial charge in [0.15, 0.2) is 0 Å². The van der Waals surface area contributed by atoms with Crippen LogP contribution >= 0.6 is 23.2 Å². The predicted octanol–water partition coefficient (Wildman–Crippen LogP) is 2.52. The standard InChI is InChI=1S/C8H15Cl2N/c1-6(2)11(3)5-7-4-8(7,9)10/h6-7H,4-5H2,1-3H3. The number of hydrogen-bond acceptors (Lipinski definition) is 1. The maximum Gasteiger partial charge on any atom is 0.122 e. The van der Waals surface area contributed by atoms with Crippen molar-refractivity contribution in [3.63, 3.8) is 0 Å². The van der Waals surface area contributed by atoms with E-state index in [-0.39, 0.29) is 0 Å². The summed E-state index contributed by atoms with van der Waals surface area (Å²) in [6, 6.07) is 0.583. The van der Waals surface area contributed by atoms with E-state index >= 15 is 0 Å². The normalized spacial score (nSPS) is 28.1. The molecule has 1 unspecified atom stereocenters. The van der Waals surface area contributed by atoms with Crippen LogP contribution in [0.4, 0.5) is 0 Å². The van der Waals surface area contributed by atoms with Crippen LogP contribution in [-0.4, -0.2) is 28.9 Å². The molecular formula is C8H15Cl2N. The predicted molar refractivity (Wildman–Crippen MR) is 50.3 cm³/mol. The third kappa shape index (κ3) is 2.50. The molecule has 0 bridgehead atoms. The van der Waals surface area contributed by atoms with Gasteiger partial charge in [0.25, 0.3) is 0 Å². The Morgan fingerprint density at radius 1 is 1.55 bits per heavy atom. The van der Waals surface area contributed by atoms with E-state index in [9.17, 15) is 0 Å². The van der Waals surface area contributed by atoms with Gasteiger partial charge in [0.05, 0.1) is 0 Å². The molecule has 0 N–H and O–H groups in total. The first-order chi connectivity index (χ1) is 4.93. The molecule has 1 nitrogen and oxygen atoms in total. The molecule has 1 aliphatic rings. The van der Waals surface area contributed by atoms with E-state index in [0.717, 1.165) is 13.0 Å². The molecular weight excluding hydrogens is 181 g/mol. The van der Waals surface area contributed by atoms with Crippen molar-refractivity contribution in [1.29, 1.82) is 0 Å². The lowest BCUT2D eigenvalue weighted by Crippen LogP contribution is -2.29. The van der Waals surface area contributed by atoms with Crippen molar-refractivity contribution in [1.82, 2.24) is 4.90 Å². The highest BCUT2D eigenvalue weighted by molar-refractivity contribution is 6.50. The van der Waals surface area contributed by atoms with Gasteiger partial charge in [-0.25, -0.2) is 0 Å². The molecule has 1 rings (SSSR count). The Labute approximate surface area is 78.7 Å². The molecule has 0 aromatic rings. The summed E-state index contributed by atoms with van der Waals surface area (Å²) in [6.45, 7) is 5.36. The number of rotatable bonds is 3. The Bertz CT molecular complexity index is 145. The fraction of sp³-hybridized carbons (Fsp3) is 1.00. The zero-order chi connectivity index (χ0) is 8.65. The van der Waals surface area contributed by atoms with E-state index in [0.29, 0.717) is 12.0 Å². The van der Waals surface area contributed by atoms with Crippen LogP contribution in [0.2, 0.25) is 0 Å². The van der Waals surface area contributed by atoms with Crippen molar-refractivity contribution in [2.24, 2.45) is 5.92 Å². The van der Waals surface area contributed by atoms with Crippen molar-refractivity contribution in [2.45, 2.75) is 30.6 Å². The average Bonchev–Trinajstić information content (AvgIpc) is 2.39. The Kier molecular flexibility index (Phi) is 2.73. The van der Waals surface area contributed by atoms with Gasteiger partial charge < -0.3 is 4.90 Å². The molecule has 11 heavy (non-hydrogen) atoms. The lowest BCUT2D eigenvalue weighted by molar-refractivity contribution is 0.262. The highest BCUT2D eigenvalue weighted by Gasteiger charge is 2.51. The van der Waals surface area contributed by atoms with E-state index in [1.807, 2.05) is 0 Å². The quantitative estimate of drug-likeness (QED) is 0.627. The van der Waals surface area contributed by atoms with Gasteiger partial charge in [-0.15, -0.1) is 23.2 Å². The first kappa shape index (κ1) is 9.63. The Morgan fingerprint density at radius 2 is 2.00 bits per heavy atom. The van der Waals surface area contributed by atoms with Gasteiger partial charge in [0, 0.05) is 18.5 Å². The van der Waals surface area contributed by atoms with Gasteiger partial charge in [-0.2, -0.15) is 0 Å².